The summed E-state index contributed by atoms with van der Waals surface area (Å²) in [6, 6.07) is 22.5. The number of benzene rings is 3. The summed E-state index contributed by atoms with van der Waals surface area (Å²) in [5.74, 6) is 0.0986. The Balaban J connectivity index is 1.72. The van der Waals surface area contributed by atoms with E-state index >= 15 is 0 Å². The minimum atomic E-state index is 0.0986. The van der Waals surface area contributed by atoms with E-state index in [1.807, 2.05) is 54.6 Å². The van der Waals surface area contributed by atoms with Gasteiger partial charge in [-0.3, -0.25) is 9.69 Å². The molecule has 2 nitrogen and oxygen atoms in total. The van der Waals surface area contributed by atoms with Crippen molar-refractivity contribution in [1.82, 2.24) is 4.90 Å². The predicted molar refractivity (Wildman–Crippen MR) is 146 cm³/mol. The van der Waals surface area contributed by atoms with Gasteiger partial charge in [-0.1, -0.05) is 94.1 Å². The quantitative estimate of drug-likeness (QED) is 0.259. The standard InChI is InChI=1S/C26H19Br4NO/c27-22-8-18(9-23(28)12-22)6-20-15-31(14-17-4-2-1-3-5-17)16-21(26(20)32)7-19-10-24(29)13-25(30)11-19/h1-13H,14-16H2/b20-6-,21-7+. The van der Waals surface area contributed by atoms with Crippen LogP contribution in [0.2, 0.25) is 0 Å². The van der Waals surface area contributed by atoms with Crippen LogP contribution < -0.4 is 0 Å². The molecule has 1 fully saturated rings. The molecule has 1 saturated heterocycles. The third kappa shape index (κ3) is 6.39. The molecule has 0 spiro atoms. The Hall–Kier alpha value is -1.31. The second-order valence-electron chi connectivity index (χ2n) is 7.70. The number of halogens is 4. The van der Waals surface area contributed by atoms with Crippen molar-refractivity contribution in [3.8, 4) is 0 Å². The van der Waals surface area contributed by atoms with E-state index in [0.717, 1.165) is 46.7 Å². The van der Waals surface area contributed by atoms with E-state index in [9.17, 15) is 4.79 Å². The topological polar surface area (TPSA) is 20.3 Å². The molecule has 4 rings (SSSR count). The van der Waals surface area contributed by atoms with Crippen LogP contribution in [0.1, 0.15) is 16.7 Å². The Morgan fingerprint density at radius 2 is 1.12 bits per heavy atom. The van der Waals surface area contributed by atoms with Gasteiger partial charge in [0.15, 0.2) is 5.78 Å². The Morgan fingerprint density at radius 1 is 0.688 bits per heavy atom. The van der Waals surface area contributed by atoms with Crippen molar-refractivity contribution in [1.29, 1.82) is 0 Å². The van der Waals surface area contributed by atoms with E-state index < -0.39 is 0 Å². The van der Waals surface area contributed by atoms with Gasteiger partial charge in [-0.2, -0.15) is 0 Å². The predicted octanol–water partition coefficient (Wildman–Crippen LogP) is 8.29. The van der Waals surface area contributed by atoms with E-state index in [2.05, 4.69) is 92.9 Å². The third-order valence-corrected chi connectivity index (χ3v) is 6.90. The molecule has 0 bridgehead atoms. The molecule has 0 amide bonds. The normalized spacial score (nSPS) is 17.3. The molecular weight excluding hydrogens is 662 g/mol. The summed E-state index contributed by atoms with van der Waals surface area (Å²) in [4.78, 5) is 15.8. The molecule has 3 aromatic rings. The molecule has 162 valence electrons. The van der Waals surface area contributed by atoms with Crippen LogP contribution in [-0.2, 0) is 11.3 Å². The van der Waals surface area contributed by atoms with Crippen molar-refractivity contribution in [2.45, 2.75) is 6.54 Å². The Labute approximate surface area is 221 Å². The summed E-state index contributed by atoms with van der Waals surface area (Å²) < 4.78 is 3.88. The van der Waals surface area contributed by atoms with Crippen molar-refractivity contribution in [2.24, 2.45) is 0 Å². The number of carbonyl (C=O) groups is 1. The first-order valence-electron chi connectivity index (χ1n) is 10.00. The lowest BCUT2D eigenvalue weighted by Gasteiger charge is -2.30. The summed E-state index contributed by atoms with van der Waals surface area (Å²) in [7, 11) is 0. The van der Waals surface area contributed by atoms with Gasteiger partial charge < -0.3 is 0 Å². The van der Waals surface area contributed by atoms with E-state index in [0.29, 0.717) is 13.1 Å². The summed E-state index contributed by atoms with van der Waals surface area (Å²) >= 11 is 14.2. The number of nitrogens with zero attached hydrogens (tertiary/aromatic N) is 1. The van der Waals surface area contributed by atoms with Crippen LogP contribution in [0.4, 0.5) is 0 Å². The molecule has 3 aromatic carbocycles. The van der Waals surface area contributed by atoms with Crippen LogP contribution in [-0.4, -0.2) is 23.8 Å². The fraction of sp³-hybridized carbons (Fsp3) is 0.115. The number of carbonyl (C=O) groups excluding carboxylic acids is 1. The van der Waals surface area contributed by atoms with Crippen molar-refractivity contribution in [3.05, 3.63) is 112 Å². The smallest absolute Gasteiger partial charge is 0.187 e. The first-order chi connectivity index (χ1) is 15.4. The number of likely N-dealkylation sites (tertiary alicyclic amines) is 1. The lowest BCUT2D eigenvalue weighted by molar-refractivity contribution is -0.113. The average molecular weight is 681 g/mol. The molecule has 0 atom stereocenters. The lowest BCUT2D eigenvalue weighted by atomic mass is 9.94. The highest BCUT2D eigenvalue weighted by molar-refractivity contribution is 9.11. The second-order valence-corrected chi connectivity index (χ2v) is 11.4. The number of hydrogen-bond acceptors (Lipinski definition) is 2. The van der Waals surface area contributed by atoms with Crippen LogP contribution >= 0.6 is 63.7 Å². The van der Waals surface area contributed by atoms with E-state index in [4.69, 9.17) is 0 Å². The van der Waals surface area contributed by atoms with Crippen molar-refractivity contribution >= 4 is 81.7 Å². The van der Waals surface area contributed by atoms with Crippen molar-refractivity contribution in [2.75, 3.05) is 13.1 Å². The lowest BCUT2D eigenvalue weighted by Crippen LogP contribution is -2.37. The summed E-state index contributed by atoms with van der Waals surface area (Å²) in [5.41, 5.74) is 4.78. The first kappa shape index (κ1) is 23.8. The zero-order valence-electron chi connectivity index (χ0n) is 17.0. The van der Waals surface area contributed by atoms with Gasteiger partial charge in [-0.05, 0) is 65.2 Å². The molecule has 1 aliphatic rings. The minimum absolute atomic E-state index is 0.0986. The van der Waals surface area contributed by atoms with Gasteiger partial charge in [-0.25, -0.2) is 0 Å². The maximum atomic E-state index is 13.5. The SMILES string of the molecule is O=C1/C(=C\c2cc(Br)cc(Br)c2)CN(Cc2ccccc2)C/C1=C\c1cc(Br)cc(Br)c1. The van der Waals surface area contributed by atoms with Gasteiger partial charge in [0.2, 0.25) is 0 Å². The average Bonchev–Trinajstić information content (AvgIpc) is 2.70. The molecule has 0 unspecified atom stereocenters. The summed E-state index contributed by atoms with van der Waals surface area (Å²) in [6.45, 7) is 2.00. The Morgan fingerprint density at radius 3 is 1.56 bits per heavy atom. The van der Waals surface area contributed by atoms with E-state index in [1.54, 1.807) is 0 Å². The van der Waals surface area contributed by atoms with Crippen LogP contribution in [0, 0.1) is 0 Å². The number of piperidine rings is 1. The first-order valence-corrected chi connectivity index (χ1v) is 13.2. The molecule has 1 aliphatic heterocycles. The van der Waals surface area contributed by atoms with Crippen LogP contribution in [0.25, 0.3) is 12.2 Å². The van der Waals surface area contributed by atoms with Gasteiger partial charge in [0, 0.05) is 48.7 Å². The largest absolute Gasteiger partial charge is 0.290 e. The number of Topliss-reactive ketones (excluding diaryl/α,β-unsaturated/α-hetero) is 1. The Kier molecular flexibility index (Phi) is 8.00. The maximum absolute atomic E-state index is 13.5. The zero-order chi connectivity index (χ0) is 22.7. The monoisotopic (exact) mass is 677 g/mol. The molecule has 0 aromatic heterocycles. The van der Waals surface area contributed by atoms with Crippen molar-refractivity contribution < 1.29 is 4.79 Å². The van der Waals surface area contributed by atoms with E-state index in [-0.39, 0.29) is 5.78 Å². The minimum Gasteiger partial charge on any atom is -0.290 e. The van der Waals surface area contributed by atoms with Crippen molar-refractivity contribution in [3.63, 3.8) is 0 Å². The highest BCUT2D eigenvalue weighted by Gasteiger charge is 2.26. The van der Waals surface area contributed by atoms with Gasteiger partial charge in [0.25, 0.3) is 0 Å². The third-order valence-electron chi connectivity index (χ3n) is 5.07. The summed E-state index contributed by atoms with van der Waals surface area (Å²) in [6.07, 6.45) is 4.00. The molecule has 6 heteroatoms. The van der Waals surface area contributed by atoms with Crippen LogP contribution in [0.3, 0.4) is 0 Å². The molecule has 0 N–H and O–H groups in total. The molecular formula is C26H19Br4NO. The highest BCUT2D eigenvalue weighted by atomic mass is 79.9. The molecule has 0 aliphatic carbocycles. The van der Waals surface area contributed by atoms with Gasteiger partial charge >= 0.3 is 0 Å². The van der Waals surface area contributed by atoms with E-state index in [1.165, 1.54) is 5.56 Å². The molecule has 0 radical (unpaired) electrons. The van der Waals surface area contributed by atoms with Gasteiger partial charge in [0.1, 0.15) is 0 Å². The number of hydrogen-bond donors (Lipinski definition) is 0. The number of rotatable bonds is 4. The molecule has 32 heavy (non-hydrogen) atoms. The highest BCUT2D eigenvalue weighted by Crippen LogP contribution is 2.28. The maximum Gasteiger partial charge on any atom is 0.187 e. The van der Waals surface area contributed by atoms with Crippen LogP contribution in [0.5, 0.6) is 0 Å². The zero-order valence-corrected chi connectivity index (χ0v) is 23.3. The molecule has 0 saturated carbocycles. The van der Waals surface area contributed by atoms with Gasteiger partial charge in [-0.15, -0.1) is 0 Å². The molecule has 1 heterocycles. The fourth-order valence-corrected chi connectivity index (χ4v) is 6.44. The number of ketones is 1. The summed E-state index contributed by atoms with van der Waals surface area (Å²) in [5, 5.41) is 0. The van der Waals surface area contributed by atoms with Gasteiger partial charge in [0.05, 0.1) is 0 Å². The fourth-order valence-electron chi connectivity index (χ4n) is 3.78. The second kappa shape index (κ2) is 10.7. The van der Waals surface area contributed by atoms with Crippen LogP contribution in [0.15, 0.2) is 95.8 Å². The Bertz CT molecular complexity index is 1100.